The molecule has 0 bridgehead atoms. The zero-order valence-corrected chi connectivity index (χ0v) is 12.0. The Hall–Kier alpha value is -1.32. The Bertz CT molecular complexity index is 378. The number of nitrogen functional groups attached to an aromatic ring is 1. The van der Waals surface area contributed by atoms with Crippen LogP contribution in [-0.2, 0) is 6.42 Å². The zero-order chi connectivity index (χ0) is 13.5. The Balaban J connectivity index is 2.63. The molecule has 4 nitrogen and oxygen atoms in total. The highest BCUT2D eigenvalue weighted by atomic mass is 16.5. The molecule has 18 heavy (non-hydrogen) atoms. The van der Waals surface area contributed by atoms with E-state index >= 15 is 0 Å². The Kier molecular flexibility index (Phi) is 5.89. The molecule has 0 aliphatic carbocycles. The van der Waals surface area contributed by atoms with Crippen molar-refractivity contribution in [3.63, 3.8) is 0 Å². The third-order valence-electron chi connectivity index (χ3n) is 2.82. The highest BCUT2D eigenvalue weighted by molar-refractivity contribution is 5.44. The van der Waals surface area contributed by atoms with Gasteiger partial charge in [0.05, 0.1) is 12.2 Å². The molecule has 0 aromatic carbocycles. The van der Waals surface area contributed by atoms with Crippen LogP contribution in [0.4, 0.5) is 5.82 Å². The predicted octanol–water partition coefficient (Wildman–Crippen LogP) is 3.13. The smallest absolute Gasteiger partial charge is 0.221 e. The minimum absolute atomic E-state index is 0.535. The molecule has 0 radical (unpaired) electrons. The highest BCUT2D eigenvalue weighted by Gasteiger charge is 2.09. The highest BCUT2D eigenvalue weighted by Crippen LogP contribution is 2.20. The van der Waals surface area contributed by atoms with Crippen molar-refractivity contribution < 1.29 is 4.74 Å². The third-order valence-corrected chi connectivity index (χ3v) is 2.82. The minimum Gasteiger partial charge on any atom is -0.477 e. The van der Waals surface area contributed by atoms with Crippen molar-refractivity contribution in [3.05, 3.63) is 11.4 Å². The maximum absolute atomic E-state index is 5.87. The SMILES string of the molecule is CCCc1nc(N)c(C)c(OCCCC(C)C)n1. The van der Waals surface area contributed by atoms with Gasteiger partial charge in [-0.3, -0.25) is 0 Å². The number of rotatable bonds is 7. The maximum Gasteiger partial charge on any atom is 0.221 e. The standard InChI is InChI=1S/C14H25N3O/c1-5-7-12-16-13(15)11(4)14(17-12)18-9-6-8-10(2)3/h10H,5-9H2,1-4H3,(H2,15,16,17). The van der Waals surface area contributed by atoms with Gasteiger partial charge in [0.15, 0.2) is 0 Å². The summed E-state index contributed by atoms with van der Waals surface area (Å²) in [5, 5.41) is 0. The number of hydrogen-bond acceptors (Lipinski definition) is 4. The summed E-state index contributed by atoms with van der Waals surface area (Å²) in [6.45, 7) is 9.13. The first-order chi connectivity index (χ1) is 8.54. The summed E-state index contributed by atoms with van der Waals surface area (Å²) < 4.78 is 5.72. The van der Waals surface area contributed by atoms with E-state index in [2.05, 4.69) is 30.7 Å². The van der Waals surface area contributed by atoms with E-state index in [0.29, 0.717) is 24.2 Å². The maximum atomic E-state index is 5.87. The molecule has 0 aliphatic rings. The van der Waals surface area contributed by atoms with E-state index in [0.717, 1.165) is 30.7 Å². The lowest BCUT2D eigenvalue weighted by molar-refractivity contribution is 0.284. The molecule has 0 amide bonds. The Morgan fingerprint density at radius 3 is 2.61 bits per heavy atom. The van der Waals surface area contributed by atoms with Crippen molar-refractivity contribution >= 4 is 5.82 Å². The van der Waals surface area contributed by atoms with Crippen molar-refractivity contribution in [3.8, 4) is 5.88 Å². The van der Waals surface area contributed by atoms with Gasteiger partial charge >= 0.3 is 0 Å². The number of nitrogens with zero attached hydrogens (tertiary/aromatic N) is 2. The molecule has 102 valence electrons. The molecule has 0 spiro atoms. The quantitative estimate of drug-likeness (QED) is 0.756. The number of aromatic nitrogens is 2. The fraction of sp³-hybridized carbons (Fsp3) is 0.714. The van der Waals surface area contributed by atoms with E-state index in [1.54, 1.807) is 0 Å². The molecule has 1 heterocycles. The van der Waals surface area contributed by atoms with Crippen molar-refractivity contribution in [1.29, 1.82) is 0 Å². The second-order valence-electron chi connectivity index (χ2n) is 5.09. The molecule has 1 rings (SSSR count). The van der Waals surface area contributed by atoms with Crippen LogP contribution in [-0.4, -0.2) is 16.6 Å². The molecule has 1 aromatic rings. The summed E-state index contributed by atoms with van der Waals surface area (Å²) in [7, 11) is 0. The number of anilines is 1. The molecule has 0 unspecified atom stereocenters. The Labute approximate surface area is 110 Å². The van der Waals surface area contributed by atoms with Gasteiger partial charge < -0.3 is 10.5 Å². The molecule has 1 aromatic heterocycles. The predicted molar refractivity (Wildman–Crippen MR) is 74.7 cm³/mol. The van der Waals surface area contributed by atoms with E-state index in [1.165, 1.54) is 6.42 Å². The number of aryl methyl sites for hydroxylation is 1. The van der Waals surface area contributed by atoms with E-state index < -0.39 is 0 Å². The summed E-state index contributed by atoms with van der Waals surface area (Å²) in [6, 6.07) is 0. The number of nitrogens with two attached hydrogens (primary N) is 1. The fourth-order valence-corrected chi connectivity index (χ4v) is 1.69. The van der Waals surface area contributed by atoms with Crippen LogP contribution in [0.1, 0.15) is 51.4 Å². The van der Waals surface area contributed by atoms with Crippen LogP contribution >= 0.6 is 0 Å². The van der Waals surface area contributed by atoms with Gasteiger partial charge in [-0.25, -0.2) is 4.98 Å². The fourth-order valence-electron chi connectivity index (χ4n) is 1.69. The van der Waals surface area contributed by atoms with Crippen LogP contribution < -0.4 is 10.5 Å². The lowest BCUT2D eigenvalue weighted by atomic mass is 10.1. The molecular formula is C14H25N3O. The summed E-state index contributed by atoms with van der Waals surface area (Å²) in [5.74, 6) is 2.67. The molecule has 2 N–H and O–H groups in total. The first-order valence-corrected chi connectivity index (χ1v) is 6.80. The molecule has 0 saturated heterocycles. The minimum atomic E-state index is 0.535. The van der Waals surface area contributed by atoms with Gasteiger partial charge in [-0.1, -0.05) is 20.8 Å². The number of hydrogen-bond donors (Lipinski definition) is 1. The lowest BCUT2D eigenvalue weighted by Gasteiger charge is -2.11. The van der Waals surface area contributed by atoms with Gasteiger partial charge in [-0.05, 0) is 32.1 Å². The van der Waals surface area contributed by atoms with Crippen molar-refractivity contribution in [2.24, 2.45) is 5.92 Å². The van der Waals surface area contributed by atoms with Gasteiger partial charge in [-0.2, -0.15) is 4.98 Å². The van der Waals surface area contributed by atoms with Crippen molar-refractivity contribution in [2.45, 2.75) is 53.4 Å². The van der Waals surface area contributed by atoms with Gasteiger partial charge in [-0.15, -0.1) is 0 Å². The van der Waals surface area contributed by atoms with Crippen LogP contribution in [0.3, 0.4) is 0 Å². The molecular weight excluding hydrogens is 226 g/mol. The van der Waals surface area contributed by atoms with Gasteiger partial charge in [0.1, 0.15) is 11.6 Å². The first-order valence-electron chi connectivity index (χ1n) is 6.80. The van der Waals surface area contributed by atoms with Gasteiger partial charge in [0, 0.05) is 6.42 Å². The van der Waals surface area contributed by atoms with Gasteiger partial charge in [0.2, 0.25) is 5.88 Å². The molecule has 0 saturated carbocycles. The topological polar surface area (TPSA) is 61.0 Å². The average molecular weight is 251 g/mol. The third kappa shape index (κ3) is 4.51. The summed E-state index contributed by atoms with van der Waals surface area (Å²) in [6.07, 6.45) is 4.06. The lowest BCUT2D eigenvalue weighted by Crippen LogP contribution is -2.08. The van der Waals surface area contributed by atoms with E-state index in [9.17, 15) is 0 Å². The summed E-state index contributed by atoms with van der Waals surface area (Å²) in [5.41, 5.74) is 6.72. The van der Waals surface area contributed by atoms with E-state index in [1.807, 2.05) is 6.92 Å². The summed E-state index contributed by atoms with van der Waals surface area (Å²) in [4.78, 5) is 8.69. The summed E-state index contributed by atoms with van der Waals surface area (Å²) >= 11 is 0. The molecule has 0 atom stereocenters. The Morgan fingerprint density at radius 1 is 1.28 bits per heavy atom. The molecule has 0 fully saturated rings. The van der Waals surface area contributed by atoms with Crippen LogP contribution in [0.25, 0.3) is 0 Å². The second-order valence-corrected chi connectivity index (χ2v) is 5.09. The van der Waals surface area contributed by atoms with Gasteiger partial charge in [0.25, 0.3) is 0 Å². The number of ether oxygens (including phenoxy) is 1. The van der Waals surface area contributed by atoms with Crippen molar-refractivity contribution in [2.75, 3.05) is 12.3 Å². The first kappa shape index (κ1) is 14.7. The Morgan fingerprint density at radius 2 is 2.00 bits per heavy atom. The molecule has 0 aliphatic heterocycles. The van der Waals surface area contributed by atoms with Crippen LogP contribution in [0, 0.1) is 12.8 Å². The normalized spacial score (nSPS) is 10.9. The zero-order valence-electron chi connectivity index (χ0n) is 12.0. The van der Waals surface area contributed by atoms with Crippen LogP contribution in [0.5, 0.6) is 5.88 Å². The molecule has 4 heteroatoms. The van der Waals surface area contributed by atoms with E-state index in [4.69, 9.17) is 10.5 Å². The monoisotopic (exact) mass is 251 g/mol. The average Bonchev–Trinajstić information content (AvgIpc) is 2.30. The van der Waals surface area contributed by atoms with E-state index in [-0.39, 0.29) is 0 Å². The second kappa shape index (κ2) is 7.19. The van der Waals surface area contributed by atoms with Crippen LogP contribution in [0.15, 0.2) is 0 Å². The van der Waals surface area contributed by atoms with Crippen LogP contribution in [0.2, 0.25) is 0 Å². The van der Waals surface area contributed by atoms with Crippen molar-refractivity contribution in [1.82, 2.24) is 9.97 Å². The largest absolute Gasteiger partial charge is 0.477 e.